The molecule has 3 aromatic carbocycles. The van der Waals surface area contributed by atoms with E-state index in [1.165, 1.54) is 36.3 Å². The maximum atomic E-state index is 13.3. The van der Waals surface area contributed by atoms with Crippen molar-refractivity contribution in [3.63, 3.8) is 0 Å². The minimum atomic E-state index is -0.997. The average molecular weight is 526 g/mol. The van der Waals surface area contributed by atoms with Gasteiger partial charge in [-0.2, -0.15) is 0 Å². The first-order valence-corrected chi connectivity index (χ1v) is 11.7. The third-order valence-corrected chi connectivity index (χ3v) is 6.44. The fourth-order valence-corrected chi connectivity index (χ4v) is 4.29. The Kier molecular flexibility index (Phi) is 7.33. The molecule has 1 unspecified atom stereocenters. The molecule has 1 saturated heterocycles. The summed E-state index contributed by atoms with van der Waals surface area (Å²) in [6, 6.07) is 16.4. The molecular weight excluding hydrogens is 505 g/mol. The van der Waals surface area contributed by atoms with Crippen LogP contribution in [-0.2, 0) is 14.3 Å². The van der Waals surface area contributed by atoms with Crippen LogP contribution in [0.15, 0.2) is 72.3 Å². The molecule has 1 fully saturated rings. The first-order chi connectivity index (χ1) is 17.3. The Morgan fingerprint density at radius 2 is 1.69 bits per heavy atom. The molecule has 0 bridgehead atoms. The van der Waals surface area contributed by atoms with E-state index in [1.54, 1.807) is 49.4 Å². The summed E-state index contributed by atoms with van der Waals surface area (Å²) in [5, 5.41) is 11.7. The lowest BCUT2D eigenvalue weighted by molar-refractivity contribution is -0.132. The SMILES string of the molecule is CCOC(=O)c1cccc(N2C(=O)C(=O)/C(=C(/O)c3ccc(Cl)c(Cl)c3)C2c2ccc(OC)cc2)c1. The van der Waals surface area contributed by atoms with E-state index in [9.17, 15) is 19.5 Å². The van der Waals surface area contributed by atoms with Crippen LogP contribution < -0.4 is 9.64 Å². The summed E-state index contributed by atoms with van der Waals surface area (Å²) < 4.78 is 10.3. The number of amides is 1. The van der Waals surface area contributed by atoms with Crippen molar-refractivity contribution in [3.8, 4) is 5.75 Å². The van der Waals surface area contributed by atoms with Gasteiger partial charge in [-0.25, -0.2) is 4.79 Å². The molecule has 0 aliphatic carbocycles. The second-order valence-corrected chi connectivity index (χ2v) is 8.66. The summed E-state index contributed by atoms with van der Waals surface area (Å²) in [6.07, 6.45) is 0. The fraction of sp³-hybridized carbons (Fsp3) is 0.148. The lowest BCUT2D eigenvalue weighted by Gasteiger charge is -2.26. The van der Waals surface area contributed by atoms with Gasteiger partial charge in [0.25, 0.3) is 11.7 Å². The monoisotopic (exact) mass is 525 g/mol. The highest BCUT2D eigenvalue weighted by Crippen LogP contribution is 2.43. The van der Waals surface area contributed by atoms with Crippen LogP contribution in [0.4, 0.5) is 5.69 Å². The summed E-state index contributed by atoms with van der Waals surface area (Å²) in [6.45, 7) is 1.87. The van der Waals surface area contributed by atoms with E-state index < -0.39 is 29.5 Å². The van der Waals surface area contributed by atoms with Crippen molar-refractivity contribution in [3.05, 3.63) is 99.0 Å². The number of esters is 1. The van der Waals surface area contributed by atoms with Crippen molar-refractivity contribution >= 4 is 52.3 Å². The van der Waals surface area contributed by atoms with Gasteiger partial charge < -0.3 is 14.6 Å². The molecule has 1 aliphatic heterocycles. The Labute approximate surface area is 217 Å². The van der Waals surface area contributed by atoms with Crippen molar-refractivity contribution < 1.29 is 29.0 Å². The molecule has 4 rings (SSSR count). The van der Waals surface area contributed by atoms with Crippen LogP contribution >= 0.6 is 23.2 Å². The minimum Gasteiger partial charge on any atom is -0.507 e. The largest absolute Gasteiger partial charge is 0.507 e. The zero-order chi connectivity index (χ0) is 26.0. The summed E-state index contributed by atoms with van der Waals surface area (Å²) in [7, 11) is 1.52. The molecule has 184 valence electrons. The number of hydrogen-bond donors (Lipinski definition) is 1. The Bertz CT molecular complexity index is 1380. The highest BCUT2D eigenvalue weighted by atomic mass is 35.5. The smallest absolute Gasteiger partial charge is 0.338 e. The molecule has 0 saturated carbocycles. The summed E-state index contributed by atoms with van der Waals surface area (Å²) in [5.74, 6) is -2.15. The zero-order valence-corrected chi connectivity index (χ0v) is 20.8. The quantitative estimate of drug-likeness (QED) is 0.189. The third kappa shape index (κ3) is 4.67. The first-order valence-electron chi connectivity index (χ1n) is 10.9. The van der Waals surface area contributed by atoms with Crippen LogP contribution in [0.25, 0.3) is 5.76 Å². The molecule has 3 aromatic rings. The minimum absolute atomic E-state index is 0.134. The maximum Gasteiger partial charge on any atom is 0.338 e. The number of carbonyl (C=O) groups is 3. The Morgan fingerprint density at radius 1 is 0.972 bits per heavy atom. The average Bonchev–Trinajstić information content (AvgIpc) is 3.15. The number of Topliss-reactive ketones (excluding diaryl/α,β-unsaturated/α-hetero) is 1. The fourth-order valence-electron chi connectivity index (χ4n) is 4.00. The number of aliphatic hydroxyl groups is 1. The lowest BCUT2D eigenvalue weighted by Crippen LogP contribution is -2.29. The molecular formula is C27H21Cl2NO6. The van der Waals surface area contributed by atoms with Crippen molar-refractivity contribution in [2.45, 2.75) is 13.0 Å². The molecule has 1 atom stereocenters. The van der Waals surface area contributed by atoms with Crippen molar-refractivity contribution in [1.82, 2.24) is 0 Å². The summed E-state index contributed by atoms with van der Waals surface area (Å²) >= 11 is 12.1. The second kappa shape index (κ2) is 10.4. The predicted octanol–water partition coefficient (Wildman–Crippen LogP) is 5.81. The molecule has 1 heterocycles. The third-order valence-electron chi connectivity index (χ3n) is 5.70. The predicted molar refractivity (Wildman–Crippen MR) is 137 cm³/mol. The zero-order valence-electron chi connectivity index (χ0n) is 19.3. The van der Waals surface area contributed by atoms with Gasteiger partial charge in [-0.15, -0.1) is 0 Å². The standard InChI is InChI=1S/C27H21Cl2NO6/c1-3-36-27(34)17-5-4-6-18(13-17)30-23(15-7-10-19(35-2)11-8-15)22(25(32)26(30)33)24(31)16-9-12-20(28)21(29)14-16/h4-14,23,31H,3H2,1-2H3/b24-22+. The number of ketones is 1. The van der Waals surface area contributed by atoms with Crippen molar-refractivity contribution in [1.29, 1.82) is 0 Å². The number of anilines is 1. The molecule has 0 spiro atoms. The maximum absolute atomic E-state index is 13.3. The van der Waals surface area contributed by atoms with Crippen LogP contribution in [0.2, 0.25) is 10.0 Å². The number of ether oxygens (including phenoxy) is 2. The van der Waals surface area contributed by atoms with Gasteiger partial charge in [0, 0.05) is 11.3 Å². The first kappa shape index (κ1) is 25.3. The number of aliphatic hydroxyl groups excluding tert-OH is 1. The van der Waals surface area contributed by atoms with Gasteiger partial charge in [-0.1, -0.05) is 41.4 Å². The van der Waals surface area contributed by atoms with E-state index >= 15 is 0 Å². The van der Waals surface area contributed by atoms with Gasteiger partial charge in [0.2, 0.25) is 0 Å². The van der Waals surface area contributed by atoms with Crippen LogP contribution in [0.3, 0.4) is 0 Å². The molecule has 9 heteroatoms. The molecule has 1 aliphatic rings. The van der Waals surface area contributed by atoms with E-state index in [2.05, 4.69) is 0 Å². The van der Waals surface area contributed by atoms with E-state index in [0.29, 0.717) is 11.3 Å². The molecule has 1 N–H and O–H groups in total. The van der Waals surface area contributed by atoms with Gasteiger partial charge in [0.1, 0.15) is 11.5 Å². The van der Waals surface area contributed by atoms with Gasteiger partial charge in [0.05, 0.1) is 40.9 Å². The highest BCUT2D eigenvalue weighted by molar-refractivity contribution is 6.52. The van der Waals surface area contributed by atoms with Crippen LogP contribution in [0.1, 0.15) is 34.5 Å². The Hall–Kier alpha value is -3.81. The molecule has 0 radical (unpaired) electrons. The summed E-state index contributed by atoms with van der Waals surface area (Å²) in [5.41, 5.74) is 1.13. The number of halogens is 2. The van der Waals surface area contributed by atoms with Crippen molar-refractivity contribution in [2.24, 2.45) is 0 Å². The highest BCUT2D eigenvalue weighted by Gasteiger charge is 2.47. The summed E-state index contributed by atoms with van der Waals surface area (Å²) in [4.78, 5) is 40.2. The van der Waals surface area contributed by atoms with Crippen molar-refractivity contribution in [2.75, 3.05) is 18.6 Å². The number of methoxy groups -OCH3 is 1. The van der Waals surface area contributed by atoms with E-state index in [-0.39, 0.29) is 39.0 Å². The molecule has 0 aromatic heterocycles. The number of hydrogen-bond acceptors (Lipinski definition) is 6. The van der Waals surface area contributed by atoms with Crippen LogP contribution in [0, 0.1) is 0 Å². The lowest BCUT2D eigenvalue weighted by atomic mass is 9.95. The Balaban J connectivity index is 1.91. The topological polar surface area (TPSA) is 93.1 Å². The normalized spacial score (nSPS) is 16.8. The Morgan fingerprint density at radius 3 is 2.33 bits per heavy atom. The van der Waals surface area contributed by atoms with Gasteiger partial charge in [0.15, 0.2) is 0 Å². The van der Waals surface area contributed by atoms with Gasteiger partial charge in [-0.3, -0.25) is 14.5 Å². The number of carbonyl (C=O) groups excluding carboxylic acids is 3. The van der Waals surface area contributed by atoms with Crippen LogP contribution in [-0.4, -0.2) is 36.5 Å². The molecule has 7 nitrogen and oxygen atoms in total. The van der Waals surface area contributed by atoms with Gasteiger partial charge >= 0.3 is 5.97 Å². The van der Waals surface area contributed by atoms with Crippen LogP contribution in [0.5, 0.6) is 5.75 Å². The number of benzene rings is 3. The van der Waals surface area contributed by atoms with E-state index in [1.807, 2.05) is 0 Å². The van der Waals surface area contributed by atoms with Gasteiger partial charge in [-0.05, 0) is 61.0 Å². The molecule has 1 amide bonds. The van der Waals surface area contributed by atoms with E-state index in [0.717, 1.165) is 0 Å². The second-order valence-electron chi connectivity index (χ2n) is 7.84. The number of rotatable bonds is 6. The van der Waals surface area contributed by atoms with E-state index in [4.69, 9.17) is 32.7 Å². The number of nitrogens with zero attached hydrogens (tertiary/aromatic N) is 1. The molecule has 36 heavy (non-hydrogen) atoms.